The number of fused-ring (bicyclic) bond motifs is 1. The molecule has 70 valence electrons. The smallest absolute Gasteiger partial charge is 0.0441 e. The summed E-state index contributed by atoms with van der Waals surface area (Å²) in [6.07, 6.45) is 1.91. The van der Waals surface area contributed by atoms with Crippen LogP contribution in [0.2, 0.25) is 5.02 Å². The van der Waals surface area contributed by atoms with E-state index in [2.05, 4.69) is 6.07 Å². The van der Waals surface area contributed by atoms with Gasteiger partial charge in [0.1, 0.15) is 0 Å². The minimum atomic E-state index is 0.277. The second kappa shape index (κ2) is 3.91. The van der Waals surface area contributed by atoms with E-state index < -0.39 is 0 Å². The monoisotopic (exact) mass is 214 g/mol. The van der Waals surface area contributed by atoms with Crippen molar-refractivity contribution < 1.29 is 5.11 Å². The Hall–Kier alpha value is -0.180. The van der Waals surface area contributed by atoms with Gasteiger partial charge in [-0.1, -0.05) is 11.6 Å². The molecule has 0 amide bonds. The van der Waals surface area contributed by atoms with Crippen LogP contribution in [0, 0.1) is 0 Å². The second-order valence-electron chi connectivity index (χ2n) is 3.21. The number of aliphatic hydroxyl groups is 1. The van der Waals surface area contributed by atoms with Gasteiger partial charge in [0.25, 0.3) is 0 Å². The van der Waals surface area contributed by atoms with E-state index in [9.17, 15) is 0 Å². The van der Waals surface area contributed by atoms with Crippen molar-refractivity contribution in [2.24, 2.45) is 0 Å². The molecular formula is C10H11ClOS. The molecule has 0 spiro atoms. The fourth-order valence-electron chi connectivity index (χ4n) is 1.59. The minimum Gasteiger partial charge on any atom is -0.396 e. The number of rotatable bonds is 2. The predicted molar refractivity (Wildman–Crippen MR) is 56.5 cm³/mol. The molecule has 0 saturated heterocycles. The van der Waals surface area contributed by atoms with Gasteiger partial charge in [-0.15, -0.1) is 11.8 Å². The summed E-state index contributed by atoms with van der Waals surface area (Å²) in [6, 6.07) is 6.02. The van der Waals surface area contributed by atoms with Crippen molar-refractivity contribution in [1.29, 1.82) is 0 Å². The molecule has 1 aromatic carbocycles. The van der Waals surface area contributed by atoms with E-state index in [1.807, 2.05) is 23.9 Å². The van der Waals surface area contributed by atoms with Crippen LogP contribution in [-0.2, 0) is 6.42 Å². The molecule has 0 radical (unpaired) electrons. The molecule has 1 atom stereocenters. The molecular weight excluding hydrogens is 204 g/mol. The maximum absolute atomic E-state index is 8.82. The van der Waals surface area contributed by atoms with Crippen LogP contribution in [0.25, 0.3) is 0 Å². The quantitative estimate of drug-likeness (QED) is 0.817. The minimum absolute atomic E-state index is 0.277. The molecule has 1 N–H and O–H groups in total. The Balaban J connectivity index is 2.16. The van der Waals surface area contributed by atoms with Gasteiger partial charge in [0, 0.05) is 21.8 Å². The highest BCUT2D eigenvalue weighted by molar-refractivity contribution is 8.00. The summed E-state index contributed by atoms with van der Waals surface area (Å²) in [4.78, 5) is 1.32. The molecule has 1 aromatic rings. The number of benzene rings is 1. The van der Waals surface area contributed by atoms with Gasteiger partial charge < -0.3 is 5.11 Å². The van der Waals surface area contributed by atoms with Crippen LogP contribution in [0.1, 0.15) is 12.0 Å². The highest BCUT2D eigenvalue weighted by Crippen LogP contribution is 2.39. The third-order valence-electron chi connectivity index (χ3n) is 2.21. The molecule has 1 aliphatic heterocycles. The van der Waals surface area contributed by atoms with E-state index in [0.29, 0.717) is 5.25 Å². The maximum Gasteiger partial charge on any atom is 0.0441 e. The molecule has 2 rings (SSSR count). The van der Waals surface area contributed by atoms with Crippen LogP contribution < -0.4 is 0 Å². The standard InChI is InChI=1S/C10H11ClOS/c11-8-1-2-10-7(5-8)6-9(13-10)3-4-12/h1-2,5,9,12H,3-4,6H2. The van der Waals surface area contributed by atoms with Crippen molar-refractivity contribution in [3.63, 3.8) is 0 Å². The Morgan fingerprint density at radius 1 is 1.54 bits per heavy atom. The zero-order chi connectivity index (χ0) is 9.26. The first-order valence-electron chi connectivity index (χ1n) is 4.35. The van der Waals surface area contributed by atoms with Crippen molar-refractivity contribution in [3.05, 3.63) is 28.8 Å². The Morgan fingerprint density at radius 3 is 3.15 bits per heavy atom. The SMILES string of the molecule is OCCC1Cc2cc(Cl)ccc2S1. The first-order valence-corrected chi connectivity index (χ1v) is 5.61. The largest absolute Gasteiger partial charge is 0.396 e. The van der Waals surface area contributed by atoms with E-state index in [4.69, 9.17) is 16.7 Å². The number of hydrogen-bond donors (Lipinski definition) is 1. The summed E-state index contributed by atoms with van der Waals surface area (Å²) in [5.41, 5.74) is 1.33. The highest BCUT2D eigenvalue weighted by atomic mass is 35.5. The fourth-order valence-corrected chi connectivity index (χ4v) is 3.07. The molecule has 1 aliphatic rings. The lowest BCUT2D eigenvalue weighted by Crippen LogP contribution is -2.02. The predicted octanol–water partition coefficient (Wildman–Crippen LogP) is 2.74. The Kier molecular flexibility index (Phi) is 2.82. The molecule has 1 heterocycles. The van der Waals surface area contributed by atoms with Gasteiger partial charge in [-0.25, -0.2) is 0 Å². The van der Waals surface area contributed by atoms with Crippen molar-refractivity contribution >= 4 is 23.4 Å². The molecule has 0 saturated carbocycles. The van der Waals surface area contributed by atoms with Crippen molar-refractivity contribution in [2.45, 2.75) is 23.0 Å². The Morgan fingerprint density at radius 2 is 2.38 bits per heavy atom. The Labute approximate surface area is 87.1 Å². The van der Waals surface area contributed by atoms with Crippen molar-refractivity contribution in [1.82, 2.24) is 0 Å². The van der Waals surface area contributed by atoms with Gasteiger partial charge in [0.2, 0.25) is 0 Å². The normalized spacial score (nSPS) is 20.3. The molecule has 1 unspecified atom stereocenters. The Bertz CT molecular complexity index is 314. The van der Waals surface area contributed by atoms with E-state index >= 15 is 0 Å². The van der Waals surface area contributed by atoms with Crippen LogP contribution in [0.5, 0.6) is 0 Å². The average molecular weight is 215 g/mol. The van der Waals surface area contributed by atoms with Gasteiger partial charge >= 0.3 is 0 Å². The maximum atomic E-state index is 8.82. The lowest BCUT2D eigenvalue weighted by Gasteiger charge is -2.03. The number of aliphatic hydroxyl groups excluding tert-OH is 1. The molecule has 0 aromatic heterocycles. The number of thioether (sulfide) groups is 1. The van der Waals surface area contributed by atoms with E-state index in [1.165, 1.54) is 10.5 Å². The summed E-state index contributed by atoms with van der Waals surface area (Å²) in [5, 5.41) is 10.2. The molecule has 1 nitrogen and oxygen atoms in total. The van der Waals surface area contributed by atoms with Gasteiger partial charge in [-0.2, -0.15) is 0 Å². The van der Waals surface area contributed by atoms with E-state index in [1.54, 1.807) is 0 Å². The molecule has 0 aliphatic carbocycles. The molecule has 0 bridgehead atoms. The van der Waals surface area contributed by atoms with Crippen molar-refractivity contribution in [3.8, 4) is 0 Å². The summed E-state index contributed by atoms with van der Waals surface area (Å²) < 4.78 is 0. The topological polar surface area (TPSA) is 20.2 Å². The zero-order valence-corrected chi connectivity index (χ0v) is 8.74. The van der Waals surface area contributed by atoms with Gasteiger partial charge in [-0.05, 0) is 36.6 Å². The molecule has 0 fully saturated rings. The third-order valence-corrected chi connectivity index (χ3v) is 3.84. The highest BCUT2D eigenvalue weighted by Gasteiger charge is 2.21. The van der Waals surface area contributed by atoms with E-state index in [0.717, 1.165) is 17.9 Å². The summed E-state index contributed by atoms with van der Waals surface area (Å²) in [6.45, 7) is 0.277. The average Bonchev–Trinajstić information content (AvgIpc) is 2.46. The van der Waals surface area contributed by atoms with Crippen LogP contribution in [0.15, 0.2) is 23.1 Å². The fraction of sp³-hybridized carbons (Fsp3) is 0.400. The number of halogens is 1. The first-order chi connectivity index (χ1) is 6.29. The first kappa shape index (κ1) is 9.38. The third kappa shape index (κ3) is 2.01. The van der Waals surface area contributed by atoms with Gasteiger partial charge in [-0.3, -0.25) is 0 Å². The lowest BCUT2D eigenvalue weighted by molar-refractivity contribution is 0.287. The zero-order valence-electron chi connectivity index (χ0n) is 7.16. The van der Waals surface area contributed by atoms with Crippen LogP contribution in [0.4, 0.5) is 0 Å². The summed E-state index contributed by atoms with van der Waals surface area (Å²) >= 11 is 7.74. The number of hydrogen-bond acceptors (Lipinski definition) is 2. The van der Waals surface area contributed by atoms with E-state index in [-0.39, 0.29) is 6.61 Å². The van der Waals surface area contributed by atoms with Gasteiger partial charge in [0.05, 0.1) is 0 Å². The lowest BCUT2D eigenvalue weighted by atomic mass is 10.1. The second-order valence-corrected chi connectivity index (χ2v) is 4.99. The van der Waals surface area contributed by atoms with Crippen LogP contribution >= 0.6 is 23.4 Å². The van der Waals surface area contributed by atoms with Crippen LogP contribution in [-0.4, -0.2) is 17.0 Å². The van der Waals surface area contributed by atoms with Gasteiger partial charge in [0.15, 0.2) is 0 Å². The van der Waals surface area contributed by atoms with Crippen LogP contribution in [0.3, 0.4) is 0 Å². The molecule has 3 heteroatoms. The summed E-state index contributed by atoms with van der Waals surface area (Å²) in [7, 11) is 0. The molecule has 13 heavy (non-hydrogen) atoms. The summed E-state index contributed by atoms with van der Waals surface area (Å²) in [5.74, 6) is 0. The van der Waals surface area contributed by atoms with Crippen molar-refractivity contribution in [2.75, 3.05) is 6.61 Å².